The van der Waals surface area contributed by atoms with Crippen molar-refractivity contribution in [1.82, 2.24) is 25.0 Å². The summed E-state index contributed by atoms with van der Waals surface area (Å²) in [6.07, 6.45) is 3.15. The van der Waals surface area contributed by atoms with Crippen molar-refractivity contribution in [2.75, 3.05) is 13.6 Å². The van der Waals surface area contributed by atoms with E-state index in [1.165, 1.54) is 0 Å². The molecule has 2 N–H and O–H groups in total. The van der Waals surface area contributed by atoms with Crippen molar-refractivity contribution >= 4 is 22.7 Å². The van der Waals surface area contributed by atoms with Crippen LogP contribution in [0, 0.1) is 0 Å². The van der Waals surface area contributed by atoms with E-state index in [1.54, 1.807) is 22.6 Å². The largest absolute Gasteiger partial charge is 0.351 e. The second-order valence-electron chi connectivity index (χ2n) is 7.93. The van der Waals surface area contributed by atoms with Crippen LogP contribution in [0.15, 0.2) is 72.9 Å². The van der Waals surface area contributed by atoms with Crippen LogP contribution in [0.5, 0.6) is 0 Å². The smallest absolute Gasteiger partial charge is 0.274 e. The normalized spacial score (nSPS) is 11.9. The number of para-hydroxylation sites is 1. The molecular formula is C25H27N5O2. The predicted molar refractivity (Wildman–Crippen MR) is 124 cm³/mol. The summed E-state index contributed by atoms with van der Waals surface area (Å²) in [5.74, 6) is -0.264. The Labute approximate surface area is 187 Å². The highest BCUT2D eigenvalue weighted by atomic mass is 16.2. The van der Waals surface area contributed by atoms with Gasteiger partial charge in [-0.15, -0.1) is 0 Å². The first-order valence-corrected chi connectivity index (χ1v) is 10.7. The van der Waals surface area contributed by atoms with E-state index in [4.69, 9.17) is 0 Å². The van der Waals surface area contributed by atoms with Gasteiger partial charge in [0.15, 0.2) is 5.69 Å². The Kier molecular flexibility index (Phi) is 6.35. The number of aryl methyl sites for hydroxylation is 1. The molecule has 0 unspecified atom stereocenters. The quantitative estimate of drug-likeness (QED) is 0.450. The minimum absolute atomic E-state index is 0.103. The van der Waals surface area contributed by atoms with E-state index in [1.807, 2.05) is 61.8 Å². The molecule has 1 atom stereocenters. The molecule has 7 heteroatoms. The maximum Gasteiger partial charge on any atom is 0.274 e. The van der Waals surface area contributed by atoms with Crippen LogP contribution in [-0.4, -0.2) is 51.1 Å². The number of amides is 2. The number of hydrogen-bond donors (Lipinski definition) is 2. The standard InChI is InChI=1S/C25H27N5O2/c1-29-16-8-13-22(29)24(31)26-15-14-19(17-18-9-4-3-5-10-18)30(2)25(32)23-20-11-6-7-12-21(20)27-28-23/h3-13,16,19H,14-15,17H2,1-2H3,(H,26,31)(H,27,28)/t19-/m1/s1. The number of benzene rings is 2. The van der Waals surface area contributed by atoms with Crippen molar-refractivity contribution < 1.29 is 9.59 Å². The third-order valence-electron chi connectivity index (χ3n) is 5.79. The van der Waals surface area contributed by atoms with Gasteiger partial charge in [0.25, 0.3) is 11.8 Å². The third kappa shape index (κ3) is 4.56. The number of nitrogens with one attached hydrogen (secondary N) is 2. The number of H-pyrrole nitrogens is 1. The Bertz CT molecular complexity index is 1210. The molecule has 7 nitrogen and oxygen atoms in total. The fraction of sp³-hybridized carbons (Fsp3) is 0.240. The molecule has 0 spiro atoms. The zero-order valence-electron chi connectivity index (χ0n) is 18.3. The molecule has 32 heavy (non-hydrogen) atoms. The Balaban J connectivity index is 1.49. The van der Waals surface area contributed by atoms with Crippen LogP contribution in [0.2, 0.25) is 0 Å². The van der Waals surface area contributed by atoms with E-state index in [0.717, 1.165) is 16.5 Å². The van der Waals surface area contributed by atoms with Gasteiger partial charge in [-0.3, -0.25) is 14.7 Å². The molecular weight excluding hydrogens is 402 g/mol. The van der Waals surface area contributed by atoms with E-state index in [-0.39, 0.29) is 17.9 Å². The Morgan fingerprint density at radius 2 is 1.81 bits per heavy atom. The lowest BCUT2D eigenvalue weighted by molar-refractivity contribution is 0.0718. The number of likely N-dealkylation sites (N-methyl/N-ethyl adjacent to an activating group) is 1. The summed E-state index contributed by atoms with van der Waals surface area (Å²) >= 11 is 0. The first-order chi connectivity index (χ1) is 15.5. The zero-order chi connectivity index (χ0) is 22.5. The fourth-order valence-electron chi connectivity index (χ4n) is 3.92. The molecule has 4 rings (SSSR count). The lowest BCUT2D eigenvalue weighted by atomic mass is 10.0. The van der Waals surface area contributed by atoms with Gasteiger partial charge in [-0.25, -0.2) is 0 Å². The van der Waals surface area contributed by atoms with Crippen molar-refractivity contribution in [2.24, 2.45) is 7.05 Å². The van der Waals surface area contributed by atoms with Gasteiger partial charge < -0.3 is 14.8 Å². The molecule has 0 fully saturated rings. The van der Waals surface area contributed by atoms with E-state index >= 15 is 0 Å². The van der Waals surface area contributed by atoms with Crippen LogP contribution >= 0.6 is 0 Å². The fourth-order valence-corrected chi connectivity index (χ4v) is 3.92. The van der Waals surface area contributed by atoms with Gasteiger partial charge in [-0.05, 0) is 36.6 Å². The van der Waals surface area contributed by atoms with Crippen LogP contribution in [0.1, 0.15) is 33.0 Å². The number of carbonyl (C=O) groups excluding carboxylic acids is 2. The van der Waals surface area contributed by atoms with Crippen LogP contribution in [0.4, 0.5) is 0 Å². The van der Waals surface area contributed by atoms with Crippen molar-refractivity contribution in [1.29, 1.82) is 0 Å². The van der Waals surface area contributed by atoms with E-state index < -0.39 is 0 Å². The Morgan fingerprint density at radius 1 is 1.06 bits per heavy atom. The van der Waals surface area contributed by atoms with Crippen LogP contribution in [0.3, 0.4) is 0 Å². The summed E-state index contributed by atoms with van der Waals surface area (Å²) in [6.45, 7) is 0.459. The number of aromatic amines is 1. The van der Waals surface area contributed by atoms with E-state index in [2.05, 4.69) is 27.6 Å². The molecule has 2 heterocycles. The second kappa shape index (κ2) is 9.51. The van der Waals surface area contributed by atoms with Gasteiger partial charge in [0.2, 0.25) is 0 Å². The highest BCUT2D eigenvalue weighted by Crippen LogP contribution is 2.19. The van der Waals surface area contributed by atoms with Gasteiger partial charge in [-0.2, -0.15) is 5.10 Å². The van der Waals surface area contributed by atoms with E-state index in [0.29, 0.717) is 30.8 Å². The number of carbonyl (C=O) groups is 2. The van der Waals surface area contributed by atoms with Crippen molar-refractivity contribution in [3.8, 4) is 0 Å². The average molecular weight is 430 g/mol. The molecule has 0 bridgehead atoms. The molecule has 2 amide bonds. The van der Waals surface area contributed by atoms with Gasteiger partial charge in [-0.1, -0.05) is 48.5 Å². The second-order valence-corrected chi connectivity index (χ2v) is 7.93. The molecule has 0 aliphatic carbocycles. The van der Waals surface area contributed by atoms with Gasteiger partial charge in [0.1, 0.15) is 5.69 Å². The van der Waals surface area contributed by atoms with Crippen molar-refractivity contribution in [3.05, 3.63) is 89.9 Å². The molecule has 4 aromatic rings. The summed E-state index contributed by atoms with van der Waals surface area (Å²) < 4.78 is 1.79. The Morgan fingerprint density at radius 3 is 2.56 bits per heavy atom. The van der Waals surface area contributed by atoms with Crippen molar-refractivity contribution in [3.63, 3.8) is 0 Å². The molecule has 0 saturated carbocycles. The SMILES string of the molecule is CN(C(=O)c1n[nH]c2ccccc12)[C@H](CCNC(=O)c1cccn1C)Cc1ccccc1. The van der Waals surface area contributed by atoms with Crippen LogP contribution in [-0.2, 0) is 13.5 Å². The van der Waals surface area contributed by atoms with Crippen molar-refractivity contribution in [2.45, 2.75) is 18.9 Å². The molecule has 0 saturated heterocycles. The molecule has 164 valence electrons. The lowest BCUT2D eigenvalue weighted by Crippen LogP contribution is -2.41. The van der Waals surface area contributed by atoms with E-state index in [9.17, 15) is 9.59 Å². The lowest BCUT2D eigenvalue weighted by Gasteiger charge is -2.28. The number of fused-ring (bicyclic) bond motifs is 1. The number of nitrogens with zero attached hydrogens (tertiary/aromatic N) is 3. The molecule has 2 aromatic carbocycles. The maximum absolute atomic E-state index is 13.3. The van der Waals surface area contributed by atoms with Crippen LogP contribution < -0.4 is 5.32 Å². The summed E-state index contributed by atoms with van der Waals surface area (Å²) in [7, 11) is 3.65. The van der Waals surface area contributed by atoms with Gasteiger partial charge in [0.05, 0.1) is 5.52 Å². The minimum Gasteiger partial charge on any atom is -0.351 e. The highest BCUT2D eigenvalue weighted by Gasteiger charge is 2.25. The predicted octanol–water partition coefficient (Wildman–Crippen LogP) is 3.40. The Hall–Kier alpha value is -3.87. The number of hydrogen-bond acceptors (Lipinski definition) is 3. The van der Waals surface area contributed by atoms with Gasteiger partial charge in [0, 0.05) is 38.3 Å². The molecule has 0 aliphatic heterocycles. The topological polar surface area (TPSA) is 83.0 Å². The first kappa shape index (κ1) is 21.4. The number of rotatable bonds is 8. The zero-order valence-corrected chi connectivity index (χ0v) is 18.3. The molecule has 0 aliphatic rings. The van der Waals surface area contributed by atoms with Gasteiger partial charge >= 0.3 is 0 Å². The number of aromatic nitrogens is 3. The highest BCUT2D eigenvalue weighted by molar-refractivity contribution is 6.04. The molecule has 2 aromatic heterocycles. The monoisotopic (exact) mass is 429 g/mol. The summed E-state index contributed by atoms with van der Waals surface area (Å²) in [5, 5.41) is 11.0. The summed E-state index contributed by atoms with van der Waals surface area (Å²) in [4.78, 5) is 27.5. The molecule has 0 radical (unpaired) electrons. The van der Waals surface area contributed by atoms with Crippen LogP contribution in [0.25, 0.3) is 10.9 Å². The average Bonchev–Trinajstić information content (AvgIpc) is 3.44. The summed E-state index contributed by atoms with van der Waals surface area (Å²) in [5.41, 5.74) is 2.99. The third-order valence-corrected chi connectivity index (χ3v) is 5.79. The summed E-state index contributed by atoms with van der Waals surface area (Å²) in [6, 6.07) is 21.2. The maximum atomic E-state index is 13.3. The first-order valence-electron chi connectivity index (χ1n) is 10.7. The minimum atomic E-state index is -0.142.